The molecule has 0 bridgehead atoms. The Bertz CT molecular complexity index is 570. The zero-order chi connectivity index (χ0) is 13.0. The lowest BCUT2D eigenvalue weighted by Crippen LogP contribution is -2.08. The van der Waals surface area contributed by atoms with Gasteiger partial charge in [0.25, 0.3) is 0 Å². The quantitative estimate of drug-likeness (QED) is 0.842. The van der Waals surface area contributed by atoms with Crippen LogP contribution in [0.3, 0.4) is 0 Å². The minimum atomic E-state index is -0.218. The number of anilines is 1. The molecule has 2 aromatic rings. The molecular weight excluding hydrogens is 228 g/mol. The van der Waals surface area contributed by atoms with Crippen LogP contribution in [0.4, 0.5) is 5.82 Å². The monoisotopic (exact) mass is 242 g/mol. The van der Waals surface area contributed by atoms with Crippen LogP contribution in [0.2, 0.25) is 0 Å². The van der Waals surface area contributed by atoms with Crippen molar-refractivity contribution in [2.45, 2.75) is 13.8 Å². The van der Waals surface area contributed by atoms with Gasteiger partial charge >= 0.3 is 0 Å². The molecule has 0 aliphatic carbocycles. The van der Waals surface area contributed by atoms with E-state index >= 15 is 0 Å². The first kappa shape index (κ1) is 12.1. The minimum absolute atomic E-state index is 0.218. The van der Waals surface area contributed by atoms with Crippen molar-refractivity contribution in [1.82, 2.24) is 5.16 Å². The molecule has 0 unspecified atom stereocenters. The van der Waals surface area contributed by atoms with Gasteiger partial charge in [-0.3, -0.25) is 4.79 Å². The number of hydrogen-bond acceptors (Lipinski definition) is 3. The second-order valence-corrected chi connectivity index (χ2v) is 4.01. The molecule has 0 aliphatic rings. The molecule has 0 spiro atoms. The average Bonchev–Trinajstić information content (AvgIpc) is 2.75. The lowest BCUT2D eigenvalue weighted by Gasteiger charge is -2.01. The summed E-state index contributed by atoms with van der Waals surface area (Å²) in [6.07, 6.45) is 1.54. The van der Waals surface area contributed by atoms with Gasteiger partial charge in [0.15, 0.2) is 5.82 Å². The third-order valence-corrected chi connectivity index (χ3v) is 2.46. The zero-order valence-electron chi connectivity index (χ0n) is 10.3. The van der Waals surface area contributed by atoms with E-state index in [1.54, 1.807) is 19.1 Å². The highest BCUT2D eigenvalue weighted by Crippen LogP contribution is 2.13. The molecule has 0 saturated carbocycles. The summed E-state index contributed by atoms with van der Waals surface area (Å²) in [7, 11) is 0. The van der Waals surface area contributed by atoms with Gasteiger partial charge in [0.05, 0.1) is 0 Å². The molecular formula is C14H14N2O2. The van der Waals surface area contributed by atoms with Crippen molar-refractivity contribution in [2.24, 2.45) is 0 Å². The predicted octanol–water partition coefficient (Wildman–Crippen LogP) is 3.03. The Balaban J connectivity index is 2.06. The van der Waals surface area contributed by atoms with Crippen molar-refractivity contribution >= 4 is 17.3 Å². The van der Waals surface area contributed by atoms with Gasteiger partial charge < -0.3 is 9.84 Å². The second kappa shape index (κ2) is 5.31. The maximum absolute atomic E-state index is 11.7. The number of nitrogens with one attached hydrogen (secondary N) is 1. The van der Waals surface area contributed by atoms with E-state index in [4.69, 9.17) is 4.52 Å². The van der Waals surface area contributed by atoms with E-state index in [2.05, 4.69) is 10.5 Å². The molecule has 18 heavy (non-hydrogen) atoms. The third-order valence-electron chi connectivity index (χ3n) is 2.46. The molecule has 1 heterocycles. The number of benzene rings is 1. The molecule has 0 aliphatic heterocycles. The van der Waals surface area contributed by atoms with Crippen molar-refractivity contribution in [1.29, 1.82) is 0 Å². The lowest BCUT2D eigenvalue weighted by molar-refractivity contribution is -0.111. The van der Waals surface area contributed by atoms with Crippen LogP contribution in [0.25, 0.3) is 5.57 Å². The fourth-order valence-electron chi connectivity index (χ4n) is 1.57. The highest BCUT2D eigenvalue weighted by molar-refractivity contribution is 6.03. The SMILES string of the molecule is C/C(=C\C(=O)Nc1cc(C)on1)c1ccccc1. The number of aryl methyl sites for hydroxylation is 1. The number of carbonyl (C=O) groups excluding carboxylic acids is 1. The van der Waals surface area contributed by atoms with Crippen LogP contribution in [-0.4, -0.2) is 11.1 Å². The van der Waals surface area contributed by atoms with Gasteiger partial charge in [-0.2, -0.15) is 0 Å². The molecule has 1 N–H and O–H groups in total. The number of hydrogen-bond donors (Lipinski definition) is 1. The molecule has 2 rings (SSSR count). The smallest absolute Gasteiger partial charge is 0.249 e. The van der Waals surface area contributed by atoms with Crippen molar-refractivity contribution in [3.8, 4) is 0 Å². The number of allylic oxidation sites excluding steroid dienone is 1. The third kappa shape index (κ3) is 3.07. The number of rotatable bonds is 3. The Morgan fingerprint density at radius 2 is 2.06 bits per heavy atom. The number of aromatic nitrogens is 1. The van der Waals surface area contributed by atoms with Gasteiger partial charge in [-0.15, -0.1) is 0 Å². The Morgan fingerprint density at radius 3 is 2.67 bits per heavy atom. The summed E-state index contributed by atoms with van der Waals surface area (Å²) in [6, 6.07) is 11.4. The number of carbonyl (C=O) groups is 1. The zero-order valence-corrected chi connectivity index (χ0v) is 10.3. The molecule has 0 radical (unpaired) electrons. The van der Waals surface area contributed by atoms with Gasteiger partial charge in [0.2, 0.25) is 5.91 Å². The molecule has 0 fully saturated rings. The van der Waals surface area contributed by atoms with E-state index in [0.29, 0.717) is 11.6 Å². The first-order valence-electron chi connectivity index (χ1n) is 5.63. The van der Waals surface area contributed by atoms with Crippen molar-refractivity contribution in [3.05, 3.63) is 53.8 Å². The van der Waals surface area contributed by atoms with Crippen LogP contribution in [0, 0.1) is 6.92 Å². The fourth-order valence-corrected chi connectivity index (χ4v) is 1.57. The number of amides is 1. The largest absolute Gasteiger partial charge is 0.360 e. The van der Waals surface area contributed by atoms with Crippen LogP contribution < -0.4 is 5.32 Å². The van der Waals surface area contributed by atoms with Gasteiger partial charge in [0, 0.05) is 12.1 Å². The normalized spacial score (nSPS) is 11.3. The summed E-state index contributed by atoms with van der Waals surface area (Å²) in [6.45, 7) is 3.66. The first-order valence-corrected chi connectivity index (χ1v) is 5.63. The summed E-state index contributed by atoms with van der Waals surface area (Å²) in [4.78, 5) is 11.7. The highest BCUT2D eigenvalue weighted by atomic mass is 16.5. The van der Waals surface area contributed by atoms with Gasteiger partial charge in [0.1, 0.15) is 5.76 Å². The van der Waals surface area contributed by atoms with Crippen LogP contribution in [0.15, 0.2) is 47.0 Å². The topological polar surface area (TPSA) is 55.1 Å². The summed E-state index contributed by atoms with van der Waals surface area (Å²) >= 11 is 0. The van der Waals surface area contributed by atoms with E-state index in [1.165, 1.54) is 0 Å². The van der Waals surface area contributed by atoms with E-state index < -0.39 is 0 Å². The van der Waals surface area contributed by atoms with Crippen LogP contribution >= 0.6 is 0 Å². The van der Waals surface area contributed by atoms with Gasteiger partial charge in [-0.25, -0.2) is 0 Å². The Labute approximate surface area is 105 Å². The Hall–Kier alpha value is -2.36. The van der Waals surface area contributed by atoms with Crippen LogP contribution in [0.1, 0.15) is 18.2 Å². The second-order valence-electron chi connectivity index (χ2n) is 4.01. The van der Waals surface area contributed by atoms with Crippen molar-refractivity contribution < 1.29 is 9.32 Å². The summed E-state index contributed by atoms with van der Waals surface area (Å²) in [5, 5.41) is 6.34. The van der Waals surface area contributed by atoms with Crippen LogP contribution in [-0.2, 0) is 4.79 Å². The molecule has 1 amide bonds. The maximum atomic E-state index is 11.7. The standard InChI is InChI=1S/C14H14N2O2/c1-10(12-6-4-3-5-7-12)8-14(17)15-13-9-11(2)18-16-13/h3-9H,1-2H3,(H,15,16,17)/b10-8+. The molecule has 1 aromatic carbocycles. The predicted molar refractivity (Wildman–Crippen MR) is 70.0 cm³/mol. The van der Waals surface area contributed by atoms with E-state index in [1.807, 2.05) is 37.3 Å². The molecule has 4 heteroatoms. The van der Waals surface area contributed by atoms with Gasteiger partial charge in [-0.05, 0) is 25.0 Å². The van der Waals surface area contributed by atoms with Gasteiger partial charge in [-0.1, -0.05) is 35.5 Å². The van der Waals surface area contributed by atoms with Crippen LogP contribution in [0.5, 0.6) is 0 Å². The maximum Gasteiger partial charge on any atom is 0.249 e. The molecule has 0 saturated heterocycles. The Kier molecular flexibility index (Phi) is 3.57. The Morgan fingerprint density at radius 1 is 1.33 bits per heavy atom. The van der Waals surface area contributed by atoms with Crippen molar-refractivity contribution in [2.75, 3.05) is 5.32 Å². The summed E-state index contributed by atoms with van der Waals surface area (Å²) in [5.41, 5.74) is 1.91. The number of nitrogens with zero attached hydrogens (tertiary/aromatic N) is 1. The highest BCUT2D eigenvalue weighted by Gasteiger charge is 2.04. The summed E-state index contributed by atoms with van der Waals surface area (Å²) < 4.78 is 4.87. The molecule has 0 atom stereocenters. The molecule has 4 nitrogen and oxygen atoms in total. The molecule has 92 valence electrons. The van der Waals surface area contributed by atoms with Crippen molar-refractivity contribution in [3.63, 3.8) is 0 Å². The average molecular weight is 242 g/mol. The van der Waals surface area contributed by atoms with E-state index in [9.17, 15) is 4.79 Å². The van der Waals surface area contributed by atoms with E-state index in [0.717, 1.165) is 11.1 Å². The summed E-state index contributed by atoms with van der Waals surface area (Å²) in [5.74, 6) is 0.869. The lowest BCUT2D eigenvalue weighted by atomic mass is 10.1. The fraction of sp³-hybridized carbons (Fsp3) is 0.143. The molecule has 1 aromatic heterocycles. The van der Waals surface area contributed by atoms with E-state index in [-0.39, 0.29) is 5.91 Å². The minimum Gasteiger partial charge on any atom is -0.360 e. The first-order chi connectivity index (χ1) is 8.65.